The molecule has 0 N–H and O–H groups in total. The Morgan fingerprint density at radius 2 is 2.18 bits per heavy atom. The Balaban J connectivity index is 2.75. The van der Waals surface area contributed by atoms with Crippen molar-refractivity contribution in [3.8, 4) is 6.07 Å². The number of hydrogen-bond acceptors (Lipinski definition) is 2. The zero-order valence-corrected chi connectivity index (χ0v) is 10.9. The van der Waals surface area contributed by atoms with Gasteiger partial charge in [0.1, 0.15) is 5.65 Å². The first-order valence-corrected chi connectivity index (χ1v) is 5.85. The van der Waals surface area contributed by atoms with Gasteiger partial charge in [-0.3, -0.25) is 0 Å². The van der Waals surface area contributed by atoms with Gasteiger partial charge >= 0.3 is 0 Å². The summed E-state index contributed by atoms with van der Waals surface area (Å²) < 4.78 is 1.94. The maximum absolute atomic E-state index is 8.93. The van der Waals surface area contributed by atoms with E-state index in [2.05, 4.69) is 31.8 Å². The summed E-state index contributed by atoms with van der Waals surface area (Å²) in [7, 11) is 0. The summed E-state index contributed by atoms with van der Waals surface area (Å²) in [6.45, 7) is 6.28. The number of hydrogen-bond donors (Lipinski definition) is 0. The van der Waals surface area contributed by atoms with Crippen LogP contribution in [0.5, 0.6) is 0 Å². The number of pyridine rings is 1. The van der Waals surface area contributed by atoms with Crippen molar-refractivity contribution in [2.75, 3.05) is 0 Å². The molecule has 17 heavy (non-hydrogen) atoms. The van der Waals surface area contributed by atoms with Gasteiger partial charge in [0, 0.05) is 22.7 Å². The predicted octanol–water partition coefficient (Wildman–Crippen LogP) is 3.35. The molecular weight excluding hydrogens is 234 g/mol. The lowest BCUT2D eigenvalue weighted by Gasteiger charge is -2.16. The number of aromatic nitrogens is 2. The quantitative estimate of drug-likeness (QED) is 0.775. The van der Waals surface area contributed by atoms with E-state index in [4.69, 9.17) is 16.9 Å². The minimum absolute atomic E-state index is 0.0787. The predicted molar refractivity (Wildman–Crippen MR) is 68.2 cm³/mol. The lowest BCUT2D eigenvalue weighted by molar-refractivity contribution is 0.566. The van der Waals surface area contributed by atoms with Crippen LogP contribution in [0.15, 0.2) is 18.3 Å². The lowest BCUT2D eigenvalue weighted by Crippen LogP contribution is -2.14. The summed E-state index contributed by atoms with van der Waals surface area (Å²) in [6, 6.07) is 5.82. The molecule has 4 heteroatoms. The fraction of sp³-hybridized carbons (Fsp3) is 0.385. The van der Waals surface area contributed by atoms with Crippen LogP contribution in [0, 0.1) is 11.3 Å². The Bertz CT molecular complexity index is 599. The molecular formula is C13H14ClN3. The number of fused-ring (bicyclic) bond motifs is 1. The first-order valence-electron chi connectivity index (χ1n) is 5.47. The lowest BCUT2D eigenvalue weighted by atomic mass is 9.90. The van der Waals surface area contributed by atoms with Gasteiger partial charge in [-0.2, -0.15) is 5.26 Å². The van der Waals surface area contributed by atoms with Crippen LogP contribution in [-0.4, -0.2) is 9.38 Å². The molecule has 0 aromatic carbocycles. The van der Waals surface area contributed by atoms with Crippen molar-refractivity contribution < 1.29 is 0 Å². The molecule has 0 aliphatic heterocycles. The van der Waals surface area contributed by atoms with E-state index in [1.54, 1.807) is 0 Å². The Morgan fingerprint density at radius 3 is 2.76 bits per heavy atom. The van der Waals surface area contributed by atoms with Crippen LogP contribution >= 0.6 is 11.6 Å². The first kappa shape index (κ1) is 11.9. The maximum atomic E-state index is 8.93. The highest BCUT2D eigenvalue weighted by atomic mass is 35.5. The second-order valence-electron chi connectivity index (χ2n) is 5.07. The molecule has 0 fully saturated rings. The Kier molecular flexibility index (Phi) is 2.84. The fourth-order valence-electron chi connectivity index (χ4n) is 1.92. The normalized spacial score (nSPS) is 11.7. The number of nitrogens with zero attached hydrogens (tertiary/aromatic N) is 3. The average Bonchev–Trinajstić information content (AvgIpc) is 2.56. The Labute approximate surface area is 106 Å². The van der Waals surface area contributed by atoms with E-state index in [9.17, 15) is 0 Å². The van der Waals surface area contributed by atoms with Crippen molar-refractivity contribution in [2.45, 2.75) is 32.6 Å². The van der Waals surface area contributed by atoms with Crippen LogP contribution in [0.3, 0.4) is 0 Å². The van der Waals surface area contributed by atoms with Crippen molar-refractivity contribution in [3.05, 3.63) is 34.7 Å². The molecule has 2 heterocycles. The molecule has 0 unspecified atom stereocenters. The number of imidazole rings is 1. The topological polar surface area (TPSA) is 41.1 Å². The van der Waals surface area contributed by atoms with Gasteiger partial charge in [-0.1, -0.05) is 32.4 Å². The van der Waals surface area contributed by atoms with Gasteiger partial charge in [0.05, 0.1) is 23.9 Å². The van der Waals surface area contributed by atoms with Gasteiger partial charge < -0.3 is 4.40 Å². The van der Waals surface area contributed by atoms with E-state index in [0.29, 0.717) is 11.4 Å². The molecule has 0 saturated carbocycles. The van der Waals surface area contributed by atoms with E-state index in [0.717, 1.165) is 17.0 Å². The molecule has 0 aliphatic carbocycles. The second kappa shape index (κ2) is 4.05. The molecule has 0 aliphatic rings. The largest absolute Gasteiger partial charge is 0.303 e. The number of nitriles is 1. The summed E-state index contributed by atoms with van der Waals surface area (Å²) in [5.41, 5.74) is 2.63. The Morgan fingerprint density at radius 1 is 1.47 bits per heavy atom. The molecule has 0 radical (unpaired) electrons. The van der Waals surface area contributed by atoms with Crippen molar-refractivity contribution in [1.29, 1.82) is 5.26 Å². The van der Waals surface area contributed by atoms with Crippen LogP contribution in [-0.2, 0) is 11.8 Å². The van der Waals surface area contributed by atoms with E-state index in [-0.39, 0.29) is 5.41 Å². The van der Waals surface area contributed by atoms with Crippen molar-refractivity contribution in [3.63, 3.8) is 0 Å². The van der Waals surface area contributed by atoms with E-state index >= 15 is 0 Å². The molecule has 0 saturated heterocycles. The van der Waals surface area contributed by atoms with Crippen LogP contribution in [0.2, 0.25) is 5.02 Å². The van der Waals surface area contributed by atoms with Gasteiger partial charge in [-0.25, -0.2) is 4.98 Å². The van der Waals surface area contributed by atoms with Crippen LogP contribution in [0.4, 0.5) is 0 Å². The third-order valence-corrected chi connectivity index (χ3v) is 2.88. The molecule has 2 rings (SSSR count). The molecule has 3 nitrogen and oxygen atoms in total. The smallest absolute Gasteiger partial charge is 0.138 e. The molecule has 88 valence electrons. The first-order chi connectivity index (χ1) is 7.93. The summed E-state index contributed by atoms with van der Waals surface area (Å²) in [6.07, 6.45) is 2.22. The molecule has 0 atom stereocenters. The number of rotatable bonds is 1. The molecule has 2 aromatic heterocycles. The third kappa shape index (κ3) is 2.13. The van der Waals surface area contributed by atoms with E-state index < -0.39 is 0 Å². The average molecular weight is 248 g/mol. The zero-order valence-electron chi connectivity index (χ0n) is 10.2. The SMILES string of the molecule is CC(C)(C)c1nc2cc(Cl)ccn2c1CC#N. The van der Waals surface area contributed by atoms with Gasteiger partial charge in [0.25, 0.3) is 0 Å². The molecule has 2 aromatic rings. The molecule has 0 amide bonds. The monoisotopic (exact) mass is 247 g/mol. The van der Waals surface area contributed by atoms with Gasteiger partial charge in [-0.15, -0.1) is 0 Å². The van der Waals surface area contributed by atoms with E-state index in [1.807, 2.05) is 22.7 Å². The molecule has 0 spiro atoms. The highest BCUT2D eigenvalue weighted by molar-refractivity contribution is 6.30. The van der Waals surface area contributed by atoms with E-state index in [1.165, 1.54) is 0 Å². The summed E-state index contributed by atoms with van der Waals surface area (Å²) in [4.78, 5) is 4.59. The van der Waals surface area contributed by atoms with Crippen LogP contribution in [0.1, 0.15) is 32.2 Å². The highest BCUT2D eigenvalue weighted by Gasteiger charge is 2.23. The maximum Gasteiger partial charge on any atom is 0.138 e. The highest BCUT2D eigenvalue weighted by Crippen LogP contribution is 2.27. The minimum Gasteiger partial charge on any atom is -0.303 e. The molecule has 0 bridgehead atoms. The summed E-state index contributed by atoms with van der Waals surface area (Å²) in [5, 5.41) is 9.58. The third-order valence-electron chi connectivity index (χ3n) is 2.64. The summed E-state index contributed by atoms with van der Waals surface area (Å²) >= 11 is 5.95. The fourth-order valence-corrected chi connectivity index (χ4v) is 2.07. The van der Waals surface area contributed by atoms with Crippen molar-refractivity contribution in [2.24, 2.45) is 0 Å². The van der Waals surface area contributed by atoms with Gasteiger partial charge in [0.2, 0.25) is 0 Å². The van der Waals surface area contributed by atoms with Gasteiger partial charge in [0.15, 0.2) is 0 Å². The van der Waals surface area contributed by atoms with Crippen molar-refractivity contribution in [1.82, 2.24) is 9.38 Å². The van der Waals surface area contributed by atoms with Crippen molar-refractivity contribution >= 4 is 17.2 Å². The Hall–Kier alpha value is -1.53. The van der Waals surface area contributed by atoms with Gasteiger partial charge in [-0.05, 0) is 6.07 Å². The standard InChI is InChI=1S/C13H14ClN3/c1-13(2,3)12-10(4-6-15)17-7-5-9(14)8-11(17)16-12/h5,7-8H,4H2,1-3H3. The van der Waals surface area contributed by atoms with Crippen LogP contribution in [0.25, 0.3) is 5.65 Å². The van der Waals surface area contributed by atoms with Crippen LogP contribution < -0.4 is 0 Å². The minimum atomic E-state index is -0.0787. The number of halogens is 1. The summed E-state index contributed by atoms with van der Waals surface area (Å²) in [5.74, 6) is 0. The second-order valence-corrected chi connectivity index (χ2v) is 5.50. The zero-order chi connectivity index (χ0) is 12.6.